The molecule has 1 aliphatic heterocycles. The van der Waals surface area contributed by atoms with Gasteiger partial charge in [0, 0.05) is 11.7 Å². The van der Waals surface area contributed by atoms with Gasteiger partial charge in [-0.2, -0.15) is 0 Å². The minimum atomic E-state index is -0.398. The first-order valence-electron chi connectivity index (χ1n) is 7.05. The zero-order valence-electron chi connectivity index (χ0n) is 12.8. The average molecular weight is 287 g/mol. The second kappa shape index (κ2) is 5.99. The van der Waals surface area contributed by atoms with Crippen molar-refractivity contribution >= 4 is 12.1 Å². The summed E-state index contributed by atoms with van der Waals surface area (Å²) in [5.74, 6) is 0. The number of carbonyl (C=O) groups excluding carboxylic acids is 2. The number of nitrogens with one attached hydrogen (secondary N) is 2. The molecule has 0 saturated heterocycles. The van der Waals surface area contributed by atoms with Gasteiger partial charge in [0.2, 0.25) is 0 Å². The lowest BCUT2D eigenvalue weighted by Gasteiger charge is -2.36. The van der Waals surface area contributed by atoms with E-state index in [9.17, 15) is 9.59 Å². The molecule has 1 atom stereocenters. The molecule has 0 aliphatic carbocycles. The first-order chi connectivity index (χ1) is 9.91. The molecule has 0 bridgehead atoms. The number of nitrogens with zero attached hydrogens (tertiary/aromatic N) is 1. The number of hydrogen-bond donors (Lipinski definition) is 2. The molecule has 0 aromatic heterocycles. The molecular formula is C16H21N3O2. The third-order valence-corrected chi connectivity index (χ3v) is 3.52. The zero-order chi connectivity index (χ0) is 15.6. The summed E-state index contributed by atoms with van der Waals surface area (Å²) in [5, 5.41) is 5.52. The van der Waals surface area contributed by atoms with E-state index in [0.29, 0.717) is 0 Å². The fraction of sp³-hybridized carbons (Fsp3) is 0.375. The molecule has 1 heterocycles. The second-order valence-corrected chi connectivity index (χ2v) is 5.53. The van der Waals surface area contributed by atoms with Crippen LogP contribution in [-0.4, -0.2) is 23.0 Å². The number of carbonyl (C=O) groups is 2. The molecule has 1 unspecified atom stereocenters. The van der Waals surface area contributed by atoms with Gasteiger partial charge in [-0.05, 0) is 38.8 Å². The Kier molecular flexibility index (Phi) is 4.31. The number of hydrogen-bond acceptors (Lipinski definition) is 2. The Labute approximate surface area is 125 Å². The molecule has 4 amide bonds. The van der Waals surface area contributed by atoms with E-state index in [1.165, 1.54) is 4.90 Å². The number of benzene rings is 1. The largest absolute Gasteiger partial charge is 0.335 e. The van der Waals surface area contributed by atoms with E-state index in [1.54, 1.807) is 0 Å². The molecule has 5 heteroatoms. The first-order valence-corrected chi connectivity index (χ1v) is 7.05. The molecule has 0 fully saturated rings. The fourth-order valence-corrected chi connectivity index (χ4v) is 2.40. The molecule has 21 heavy (non-hydrogen) atoms. The van der Waals surface area contributed by atoms with E-state index in [0.717, 1.165) is 16.8 Å². The Bertz CT molecular complexity index is 578. The van der Waals surface area contributed by atoms with Crippen LogP contribution in [0.3, 0.4) is 0 Å². The Morgan fingerprint density at radius 2 is 1.86 bits per heavy atom. The minimum Gasteiger partial charge on any atom is -0.335 e. The van der Waals surface area contributed by atoms with Gasteiger partial charge in [-0.1, -0.05) is 30.3 Å². The van der Waals surface area contributed by atoms with Crippen LogP contribution < -0.4 is 10.6 Å². The van der Waals surface area contributed by atoms with Gasteiger partial charge in [-0.3, -0.25) is 0 Å². The van der Waals surface area contributed by atoms with Crippen LogP contribution in [0.5, 0.6) is 0 Å². The molecule has 1 aromatic carbocycles. The highest BCUT2D eigenvalue weighted by Gasteiger charge is 2.36. The van der Waals surface area contributed by atoms with Crippen molar-refractivity contribution in [1.29, 1.82) is 0 Å². The first kappa shape index (κ1) is 15.1. The quantitative estimate of drug-likeness (QED) is 0.877. The lowest BCUT2D eigenvalue weighted by Crippen LogP contribution is -2.54. The Morgan fingerprint density at radius 1 is 1.24 bits per heavy atom. The van der Waals surface area contributed by atoms with Crippen LogP contribution in [0, 0.1) is 0 Å². The lowest BCUT2D eigenvalue weighted by atomic mass is 9.95. The van der Waals surface area contributed by atoms with Crippen LogP contribution >= 0.6 is 0 Å². The predicted octanol–water partition coefficient (Wildman–Crippen LogP) is 3.16. The van der Waals surface area contributed by atoms with Crippen LogP contribution in [0.25, 0.3) is 0 Å². The number of rotatable bonds is 2. The third kappa shape index (κ3) is 3.07. The van der Waals surface area contributed by atoms with Crippen molar-refractivity contribution < 1.29 is 9.59 Å². The molecule has 0 spiro atoms. The highest BCUT2D eigenvalue weighted by molar-refractivity contribution is 5.96. The van der Waals surface area contributed by atoms with Gasteiger partial charge in [0.05, 0.1) is 6.04 Å². The van der Waals surface area contributed by atoms with Crippen molar-refractivity contribution in [3.8, 4) is 0 Å². The lowest BCUT2D eigenvalue weighted by molar-refractivity contribution is 0.170. The maximum Gasteiger partial charge on any atom is 0.330 e. The van der Waals surface area contributed by atoms with Crippen LogP contribution in [-0.2, 0) is 0 Å². The Balaban J connectivity index is 2.45. The van der Waals surface area contributed by atoms with Gasteiger partial charge < -0.3 is 10.6 Å². The van der Waals surface area contributed by atoms with Crippen molar-refractivity contribution in [2.24, 2.45) is 0 Å². The maximum atomic E-state index is 12.4. The second-order valence-electron chi connectivity index (χ2n) is 5.53. The van der Waals surface area contributed by atoms with Gasteiger partial charge >= 0.3 is 12.1 Å². The molecule has 2 N–H and O–H groups in total. The highest BCUT2D eigenvalue weighted by atomic mass is 16.2. The van der Waals surface area contributed by atoms with Crippen LogP contribution in [0.1, 0.15) is 39.3 Å². The third-order valence-electron chi connectivity index (χ3n) is 3.52. The molecule has 0 saturated carbocycles. The monoisotopic (exact) mass is 287 g/mol. The van der Waals surface area contributed by atoms with E-state index < -0.39 is 6.03 Å². The van der Waals surface area contributed by atoms with Crippen molar-refractivity contribution in [2.75, 3.05) is 0 Å². The standard InChI is InChI=1S/C16H21N3O2/c1-10(2)17-15(20)19-14(13-8-6-5-7-9-13)11(3)12(4)18-16(19)21/h5-10,14H,1-4H3,(H,17,20)(H,18,21). The maximum absolute atomic E-state index is 12.4. The number of imide groups is 1. The Hall–Kier alpha value is -2.30. The highest BCUT2D eigenvalue weighted by Crippen LogP contribution is 2.32. The molecular weight excluding hydrogens is 266 g/mol. The number of urea groups is 2. The molecule has 5 nitrogen and oxygen atoms in total. The van der Waals surface area contributed by atoms with Crippen LogP contribution in [0.4, 0.5) is 9.59 Å². The summed E-state index contributed by atoms with van der Waals surface area (Å²) in [6, 6.07) is 8.38. The molecule has 2 rings (SSSR count). The van der Waals surface area contributed by atoms with Crippen LogP contribution in [0.15, 0.2) is 41.6 Å². The molecule has 1 aliphatic rings. The summed E-state index contributed by atoms with van der Waals surface area (Å²) in [6.45, 7) is 7.51. The van der Waals surface area contributed by atoms with E-state index in [2.05, 4.69) is 10.6 Å². The average Bonchev–Trinajstić information content (AvgIpc) is 2.42. The SMILES string of the molecule is CC1=C(C)C(c2ccccc2)N(C(=O)NC(C)C)C(=O)N1. The van der Waals surface area contributed by atoms with E-state index >= 15 is 0 Å². The molecule has 1 aromatic rings. The fourth-order valence-electron chi connectivity index (χ4n) is 2.40. The van der Waals surface area contributed by atoms with Gasteiger partial charge in [0.1, 0.15) is 0 Å². The number of amides is 4. The normalized spacial score (nSPS) is 18.8. The summed E-state index contributed by atoms with van der Waals surface area (Å²) in [5.41, 5.74) is 2.67. The Morgan fingerprint density at radius 3 is 2.43 bits per heavy atom. The van der Waals surface area contributed by atoms with Gasteiger partial charge in [0.15, 0.2) is 0 Å². The van der Waals surface area contributed by atoms with Crippen LogP contribution in [0.2, 0.25) is 0 Å². The van der Waals surface area contributed by atoms with Crippen molar-refractivity contribution in [1.82, 2.24) is 15.5 Å². The van der Waals surface area contributed by atoms with E-state index in [-0.39, 0.29) is 18.1 Å². The molecule has 112 valence electrons. The summed E-state index contributed by atoms with van der Waals surface area (Å²) in [7, 11) is 0. The molecule has 0 radical (unpaired) electrons. The van der Waals surface area contributed by atoms with Crippen molar-refractivity contribution in [2.45, 2.75) is 39.8 Å². The van der Waals surface area contributed by atoms with E-state index in [4.69, 9.17) is 0 Å². The summed E-state index contributed by atoms with van der Waals surface area (Å²) < 4.78 is 0. The van der Waals surface area contributed by atoms with E-state index in [1.807, 2.05) is 58.0 Å². The number of allylic oxidation sites excluding steroid dienone is 1. The topological polar surface area (TPSA) is 61.4 Å². The smallest absolute Gasteiger partial charge is 0.330 e. The minimum absolute atomic E-state index is 0.0333. The van der Waals surface area contributed by atoms with Gasteiger partial charge in [-0.15, -0.1) is 0 Å². The zero-order valence-corrected chi connectivity index (χ0v) is 12.8. The van der Waals surface area contributed by atoms with Gasteiger partial charge in [-0.25, -0.2) is 14.5 Å². The van der Waals surface area contributed by atoms with Gasteiger partial charge in [0.25, 0.3) is 0 Å². The summed E-state index contributed by atoms with van der Waals surface area (Å²) >= 11 is 0. The predicted molar refractivity (Wildman–Crippen MR) is 81.6 cm³/mol. The summed E-state index contributed by atoms with van der Waals surface area (Å²) in [4.78, 5) is 25.9. The summed E-state index contributed by atoms with van der Waals surface area (Å²) in [6.07, 6.45) is 0. The van der Waals surface area contributed by atoms with Crippen molar-refractivity contribution in [3.05, 3.63) is 47.2 Å². The van der Waals surface area contributed by atoms with Crippen molar-refractivity contribution in [3.63, 3.8) is 0 Å².